The number of hydrogen-bond donors (Lipinski definition) is 0. The number of carbonyl (C=O) groups is 1. The van der Waals surface area contributed by atoms with Crippen molar-refractivity contribution in [3.63, 3.8) is 0 Å². The van der Waals surface area contributed by atoms with Gasteiger partial charge in [0, 0.05) is 13.1 Å². The molecule has 2 heterocycles. The van der Waals surface area contributed by atoms with Gasteiger partial charge in [-0.15, -0.1) is 10.2 Å². The van der Waals surface area contributed by atoms with Crippen LogP contribution >= 0.6 is 0 Å². The number of benzene rings is 1. The molecule has 1 aliphatic carbocycles. The number of carbonyl (C=O) groups excluding carboxylic acids is 1. The molecule has 1 saturated heterocycles. The second-order valence-corrected chi connectivity index (χ2v) is 6.84. The molecule has 1 aliphatic heterocycles. The molecule has 0 radical (unpaired) electrons. The summed E-state index contributed by atoms with van der Waals surface area (Å²) in [7, 11) is 0. The van der Waals surface area contributed by atoms with Crippen molar-refractivity contribution in [2.75, 3.05) is 19.7 Å². The van der Waals surface area contributed by atoms with Gasteiger partial charge in [-0.05, 0) is 31.2 Å². The molecular weight excluding hydrogens is 316 g/mol. The summed E-state index contributed by atoms with van der Waals surface area (Å²) in [5.74, 6) is 1.49. The number of morpholine rings is 1. The third-order valence-electron chi connectivity index (χ3n) is 5.17. The Morgan fingerprint density at radius 3 is 2.84 bits per heavy atom. The fourth-order valence-corrected chi connectivity index (χ4v) is 3.67. The highest BCUT2D eigenvalue weighted by Gasteiger charge is 2.40. The van der Waals surface area contributed by atoms with Crippen LogP contribution in [0.2, 0.25) is 0 Å². The van der Waals surface area contributed by atoms with Crippen LogP contribution in [0.4, 0.5) is 0 Å². The standard InChI is InChI=1S/C19H24N4O2/c1-2-22-13-20-21-18(22)16-12-23(10-11-25-16)19(24)17(15-8-9-15)14-6-4-3-5-7-14/h3-7,13,15-17H,2,8-12H2,1H3/t16-,17-/m1/s1. The highest BCUT2D eigenvalue weighted by molar-refractivity contribution is 5.84. The minimum absolute atomic E-state index is 0.0241. The molecule has 0 N–H and O–H groups in total. The Morgan fingerprint density at radius 1 is 1.32 bits per heavy atom. The van der Waals surface area contributed by atoms with E-state index in [1.807, 2.05) is 27.7 Å². The van der Waals surface area contributed by atoms with Crippen molar-refractivity contribution in [3.05, 3.63) is 48.0 Å². The average Bonchev–Trinajstić information content (AvgIpc) is 3.37. The first-order valence-corrected chi connectivity index (χ1v) is 9.11. The van der Waals surface area contributed by atoms with Crippen LogP contribution in [0.5, 0.6) is 0 Å². The van der Waals surface area contributed by atoms with Gasteiger partial charge in [0.05, 0.1) is 19.1 Å². The van der Waals surface area contributed by atoms with Gasteiger partial charge >= 0.3 is 0 Å². The van der Waals surface area contributed by atoms with E-state index in [-0.39, 0.29) is 17.9 Å². The Morgan fingerprint density at radius 2 is 2.12 bits per heavy atom. The van der Waals surface area contributed by atoms with E-state index in [0.717, 1.165) is 30.8 Å². The molecule has 0 bridgehead atoms. The van der Waals surface area contributed by atoms with Gasteiger partial charge in [0.15, 0.2) is 5.82 Å². The van der Waals surface area contributed by atoms with E-state index in [1.54, 1.807) is 6.33 Å². The van der Waals surface area contributed by atoms with E-state index in [0.29, 0.717) is 25.6 Å². The van der Waals surface area contributed by atoms with E-state index in [9.17, 15) is 4.79 Å². The van der Waals surface area contributed by atoms with Crippen LogP contribution in [0, 0.1) is 5.92 Å². The van der Waals surface area contributed by atoms with Gasteiger partial charge in [-0.2, -0.15) is 0 Å². The molecule has 0 unspecified atom stereocenters. The number of aryl methyl sites for hydroxylation is 1. The summed E-state index contributed by atoms with van der Waals surface area (Å²) in [6, 6.07) is 10.2. The summed E-state index contributed by atoms with van der Waals surface area (Å²) in [5, 5.41) is 8.19. The summed E-state index contributed by atoms with van der Waals surface area (Å²) in [6.07, 6.45) is 3.80. The van der Waals surface area contributed by atoms with E-state index < -0.39 is 0 Å². The molecular formula is C19H24N4O2. The largest absolute Gasteiger partial charge is 0.366 e. The Hall–Kier alpha value is -2.21. The Bertz CT molecular complexity index is 726. The number of rotatable bonds is 5. The molecule has 6 nitrogen and oxygen atoms in total. The Balaban J connectivity index is 1.53. The lowest BCUT2D eigenvalue weighted by Crippen LogP contribution is -2.45. The highest BCUT2D eigenvalue weighted by atomic mass is 16.5. The number of aromatic nitrogens is 3. The monoisotopic (exact) mass is 340 g/mol. The molecule has 132 valence electrons. The molecule has 2 atom stereocenters. The van der Waals surface area contributed by atoms with Crippen molar-refractivity contribution in [2.24, 2.45) is 5.92 Å². The van der Waals surface area contributed by atoms with Crippen molar-refractivity contribution < 1.29 is 9.53 Å². The minimum Gasteiger partial charge on any atom is -0.366 e. The summed E-state index contributed by atoms with van der Waals surface area (Å²) >= 11 is 0. The molecule has 25 heavy (non-hydrogen) atoms. The number of hydrogen-bond acceptors (Lipinski definition) is 4. The van der Waals surface area contributed by atoms with Gasteiger partial charge in [0.1, 0.15) is 12.4 Å². The smallest absolute Gasteiger partial charge is 0.230 e. The second-order valence-electron chi connectivity index (χ2n) is 6.84. The van der Waals surface area contributed by atoms with Gasteiger partial charge in [-0.1, -0.05) is 30.3 Å². The third kappa shape index (κ3) is 3.31. The van der Waals surface area contributed by atoms with Crippen LogP contribution in [0.15, 0.2) is 36.7 Å². The topological polar surface area (TPSA) is 60.2 Å². The number of ether oxygens (including phenoxy) is 1. The lowest BCUT2D eigenvalue weighted by atomic mass is 9.92. The predicted molar refractivity (Wildman–Crippen MR) is 92.9 cm³/mol. The van der Waals surface area contributed by atoms with E-state index in [1.165, 1.54) is 0 Å². The van der Waals surface area contributed by atoms with Crippen LogP contribution in [0.1, 0.15) is 43.2 Å². The molecule has 4 rings (SSSR count). The van der Waals surface area contributed by atoms with Crippen LogP contribution in [0.25, 0.3) is 0 Å². The molecule has 1 amide bonds. The first-order valence-electron chi connectivity index (χ1n) is 9.11. The lowest BCUT2D eigenvalue weighted by molar-refractivity contribution is -0.141. The van der Waals surface area contributed by atoms with Gasteiger partial charge in [0.25, 0.3) is 0 Å². The van der Waals surface area contributed by atoms with Crippen LogP contribution in [-0.4, -0.2) is 45.3 Å². The molecule has 0 spiro atoms. The van der Waals surface area contributed by atoms with Crippen molar-refractivity contribution >= 4 is 5.91 Å². The summed E-state index contributed by atoms with van der Waals surface area (Å²) in [5.41, 5.74) is 1.13. The fraction of sp³-hybridized carbons (Fsp3) is 0.526. The zero-order valence-electron chi connectivity index (χ0n) is 14.5. The molecule has 1 aromatic heterocycles. The maximum atomic E-state index is 13.3. The molecule has 1 aromatic carbocycles. The quantitative estimate of drug-likeness (QED) is 0.838. The summed E-state index contributed by atoms with van der Waals surface area (Å²) in [6.45, 7) is 4.58. The predicted octanol–water partition coefficient (Wildman–Crippen LogP) is 2.39. The van der Waals surface area contributed by atoms with Crippen molar-refractivity contribution in [1.82, 2.24) is 19.7 Å². The number of amides is 1. The van der Waals surface area contributed by atoms with Crippen LogP contribution < -0.4 is 0 Å². The molecule has 2 fully saturated rings. The van der Waals surface area contributed by atoms with E-state index in [4.69, 9.17) is 4.74 Å². The average molecular weight is 340 g/mol. The van der Waals surface area contributed by atoms with Crippen molar-refractivity contribution in [3.8, 4) is 0 Å². The lowest BCUT2D eigenvalue weighted by Gasteiger charge is -2.35. The van der Waals surface area contributed by atoms with Crippen LogP contribution in [0.3, 0.4) is 0 Å². The van der Waals surface area contributed by atoms with Gasteiger partial charge in [0.2, 0.25) is 5.91 Å². The zero-order chi connectivity index (χ0) is 17.2. The fourth-order valence-electron chi connectivity index (χ4n) is 3.67. The maximum absolute atomic E-state index is 13.3. The van der Waals surface area contributed by atoms with E-state index in [2.05, 4.69) is 29.3 Å². The van der Waals surface area contributed by atoms with Crippen molar-refractivity contribution in [2.45, 2.75) is 38.3 Å². The number of nitrogens with zero attached hydrogens (tertiary/aromatic N) is 4. The Kier molecular flexibility index (Phi) is 4.53. The summed E-state index contributed by atoms with van der Waals surface area (Å²) < 4.78 is 7.87. The SMILES string of the molecule is CCn1cnnc1[C@H]1CN(C(=O)[C@H](c2ccccc2)C2CC2)CCO1. The van der Waals surface area contributed by atoms with E-state index >= 15 is 0 Å². The first-order chi connectivity index (χ1) is 12.3. The molecule has 2 aliphatic rings. The highest BCUT2D eigenvalue weighted by Crippen LogP contribution is 2.44. The second kappa shape index (κ2) is 6.96. The Labute approximate surface area is 147 Å². The normalized spacial score (nSPS) is 22.0. The minimum atomic E-state index is -0.198. The van der Waals surface area contributed by atoms with Crippen molar-refractivity contribution in [1.29, 1.82) is 0 Å². The molecule has 2 aromatic rings. The summed E-state index contributed by atoms with van der Waals surface area (Å²) in [4.78, 5) is 15.2. The van der Waals surface area contributed by atoms with Gasteiger partial charge in [-0.25, -0.2) is 0 Å². The first kappa shape index (κ1) is 16.3. The van der Waals surface area contributed by atoms with Gasteiger partial charge < -0.3 is 14.2 Å². The zero-order valence-corrected chi connectivity index (χ0v) is 14.5. The molecule has 6 heteroatoms. The maximum Gasteiger partial charge on any atom is 0.230 e. The third-order valence-corrected chi connectivity index (χ3v) is 5.17. The van der Waals surface area contributed by atoms with Crippen LogP contribution in [-0.2, 0) is 16.1 Å². The molecule has 1 saturated carbocycles. The van der Waals surface area contributed by atoms with Gasteiger partial charge in [-0.3, -0.25) is 4.79 Å².